The molecule has 4 N–H and O–H groups in total. The van der Waals surface area contributed by atoms with Crippen molar-refractivity contribution >= 4 is 11.8 Å². The normalized spacial score (nSPS) is 32.3. The van der Waals surface area contributed by atoms with E-state index in [4.69, 9.17) is 20.3 Å². The number of unbranched alkanes of at least 4 members (excludes halogenated alkanes) is 1. The summed E-state index contributed by atoms with van der Waals surface area (Å²) in [6.07, 6.45) is 3.40. The first-order chi connectivity index (χ1) is 10.00. The molecule has 0 aromatic heterocycles. The molecule has 0 aromatic rings. The maximum atomic E-state index is 12.1. The molecule has 2 aliphatic heterocycles. The van der Waals surface area contributed by atoms with Gasteiger partial charge in [-0.2, -0.15) is 0 Å². The molecule has 8 nitrogen and oxygen atoms in total. The Bertz CT molecular complexity index is 442. The molecule has 21 heavy (non-hydrogen) atoms. The lowest BCUT2D eigenvalue weighted by Gasteiger charge is -2.35. The van der Waals surface area contributed by atoms with Gasteiger partial charge in [0.1, 0.15) is 0 Å². The molecule has 0 radical (unpaired) electrons. The van der Waals surface area contributed by atoms with Crippen molar-refractivity contribution in [3.8, 4) is 0 Å². The Hall–Kier alpha value is -1.48. The number of ether oxygens (including phenoxy) is 2. The Morgan fingerprint density at radius 3 is 3.00 bits per heavy atom. The number of Topliss-reactive ketones (excluding diaryl/α,β-unsaturated/α-hetero) is 1. The lowest BCUT2D eigenvalue weighted by molar-refractivity contribution is -0.124. The van der Waals surface area contributed by atoms with Crippen molar-refractivity contribution < 1.29 is 24.2 Å². The van der Waals surface area contributed by atoms with Gasteiger partial charge >= 0.3 is 6.03 Å². The molecule has 0 aromatic carbocycles. The van der Waals surface area contributed by atoms with Crippen LogP contribution in [-0.2, 0) is 14.3 Å². The Morgan fingerprint density at radius 1 is 1.67 bits per heavy atom. The number of hydrogen-bond donors (Lipinski definition) is 3. The number of carbonyl (C=O) groups excluding carboxylic acids is 2. The fraction of sp³-hybridized carbons (Fsp3) is 0.692. The second-order valence-corrected chi connectivity index (χ2v) is 5.09. The van der Waals surface area contributed by atoms with Crippen LogP contribution in [0.15, 0.2) is 12.3 Å². The number of aliphatic hydroxyl groups excluding tert-OH is 1. The molecule has 2 aliphatic rings. The molecule has 0 spiro atoms. The van der Waals surface area contributed by atoms with Crippen LogP contribution in [0.4, 0.5) is 4.79 Å². The maximum Gasteiger partial charge on any atom is 0.325 e. The van der Waals surface area contributed by atoms with E-state index in [2.05, 4.69) is 5.32 Å². The SMILES string of the molecule is CCCCC(=O)[C@]1(N)C=CN(C2COC(CO)O2)C(=O)N1. The first-order valence-corrected chi connectivity index (χ1v) is 7.00. The summed E-state index contributed by atoms with van der Waals surface area (Å²) in [5, 5.41) is 11.4. The van der Waals surface area contributed by atoms with Gasteiger partial charge in [0, 0.05) is 12.6 Å². The van der Waals surface area contributed by atoms with Crippen molar-refractivity contribution in [2.75, 3.05) is 13.2 Å². The van der Waals surface area contributed by atoms with Gasteiger partial charge in [-0.1, -0.05) is 13.3 Å². The quantitative estimate of drug-likeness (QED) is 0.616. The van der Waals surface area contributed by atoms with Gasteiger partial charge < -0.3 is 19.9 Å². The average Bonchev–Trinajstić information content (AvgIpc) is 2.93. The van der Waals surface area contributed by atoms with Gasteiger partial charge in [-0.15, -0.1) is 0 Å². The number of nitrogens with zero attached hydrogens (tertiary/aromatic N) is 1. The predicted octanol–water partition coefficient (Wildman–Crippen LogP) is -0.369. The van der Waals surface area contributed by atoms with Crippen LogP contribution in [0.2, 0.25) is 0 Å². The predicted molar refractivity (Wildman–Crippen MR) is 72.7 cm³/mol. The van der Waals surface area contributed by atoms with E-state index in [1.807, 2.05) is 6.92 Å². The van der Waals surface area contributed by atoms with E-state index in [1.54, 1.807) is 0 Å². The van der Waals surface area contributed by atoms with E-state index in [1.165, 1.54) is 17.2 Å². The van der Waals surface area contributed by atoms with Crippen LogP contribution in [0, 0.1) is 0 Å². The van der Waals surface area contributed by atoms with E-state index in [0.29, 0.717) is 6.42 Å². The van der Waals surface area contributed by atoms with Crippen LogP contribution in [0.3, 0.4) is 0 Å². The highest BCUT2D eigenvalue weighted by Crippen LogP contribution is 2.20. The van der Waals surface area contributed by atoms with Gasteiger partial charge in [0.2, 0.25) is 0 Å². The van der Waals surface area contributed by atoms with E-state index >= 15 is 0 Å². The fourth-order valence-corrected chi connectivity index (χ4v) is 2.17. The van der Waals surface area contributed by atoms with Gasteiger partial charge in [-0.05, 0) is 12.5 Å². The first kappa shape index (κ1) is 15.9. The summed E-state index contributed by atoms with van der Waals surface area (Å²) < 4.78 is 10.5. The van der Waals surface area contributed by atoms with Gasteiger partial charge in [-0.3, -0.25) is 15.4 Å². The Balaban J connectivity index is 2.02. The minimum atomic E-state index is -1.47. The fourth-order valence-electron chi connectivity index (χ4n) is 2.17. The standard InChI is InChI=1S/C13H21N3O5/c1-2-3-4-9(18)13(14)5-6-16(12(19)15-13)10-8-20-11(7-17)21-10/h5-6,10-11,17H,2-4,7-8,14H2,1H3,(H,15,19)/t10?,11?,13-/m0/s1. The van der Waals surface area contributed by atoms with Gasteiger partial charge in [0.05, 0.1) is 13.2 Å². The molecule has 1 saturated heterocycles. The molecule has 0 bridgehead atoms. The van der Waals surface area contributed by atoms with Crippen molar-refractivity contribution in [1.82, 2.24) is 10.2 Å². The molecule has 2 unspecified atom stereocenters. The molecule has 8 heteroatoms. The Labute approximate surface area is 122 Å². The summed E-state index contributed by atoms with van der Waals surface area (Å²) in [4.78, 5) is 25.4. The zero-order valence-electron chi connectivity index (χ0n) is 11.9. The number of nitrogens with two attached hydrogens (primary N) is 1. The van der Waals surface area contributed by atoms with E-state index in [9.17, 15) is 9.59 Å². The number of aliphatic hydroxyl groups is 1. The highest BCUT2D eigenvalue weighted by molar-refractivity contribution is 5.95. The summed E-state index contributed by atoms with van der Waals surface area (Å²) in [5.41, 5.74) is 4.47. The third-order valence-electron chi connectivity index (χ3n) is 3.46. The topological polar surface area (TPSA) is 114 Å². The third kappa shape index (κ3) is 3.41. The number of ketones is 1. The van der Waals surface area contributed by atoms with Gasteiger partial charge in [-0.25, -0.2) is 4.79 Å². The maximum absolute atomic E-state index is 12.1. The van der Waals surface area contributed by atoms with Crippen molar-refractivity contribution in [2.45, 2.75) is 44.4 Å². The number of hydrogen-bond acceptors (Lipinski definition) is 6. The lowest BCUT2D eigenvalue weighted by Crippen LogP contribution is -2.65. The zero-order valence-corrected chi connectivity index (χ0v) is 11.9. The highest BCUT2D eigenvalue weighted by atomic mass is 16.7. The van der Waals surface area contributed by atoms with Crippen LogP contribution in [-0.4, -0.2) is 53.2 Å². The first-order valence-electron chi connectivity index (χ1n) is 7.00. The van der Waals surface area contributed by atoms with Crippen LogP contribution < -0.4 is 11.1 Å². The van der Waals surface area contributed by atoms with Gasteiger partial charge in [0.25, 0.3) is 0 Å². The van der Waals surface area contributed by atoms with Crippen molar-refractivity contribution in [3.63, 3.8) is 0 Å². The average molecular weight is 299 g/mol. The Morgan fingerprint density at radius 2 is 2.43 bits per heavy atom. The molecule has 2 amide bonds. The molecular formula is C13H21N3O5. The summed E-state index contributed by atoms with van der Waals surface area (Å²) in [5.74, 6) is -0.231. The summed E-state index contributed by atoms with van der Waals surface area (Å²) in [6.45, 7) is 1.83. The summed E-state index contributed by atoms with van der Waals surface area (Å²) in [6, 6.07) is -0.531. The lowest BCUT2D eigenvalue weighted by atomic mass is 9.99. The van der Waals surface area contributed by atoms with Crippen LogP contribution in [0.1, 0.15) is 26.2 Å². The molecule has 2 rings (SSSR count). The molecule has 3 atom stereocenters. The van der Waals surface area contributed by atoms with E-state index in [0.717, 1.165) is 12.8 Å². The second kappa shape index (κ2) is 6.52. The van der Waals surface area contributed by atoms with E-state index < -0.39 is 24.2 Å². The minimum Gasteiger partial charge on any atom is -0.391 e. The molecule has 1 fully saturated rings. The zero-order chi connectivity index (χ0) is 15.5. The molecule has 0 aliphatic carbocycles. The highest BCUT2D eigenvalue weighted by Gasteiger charge is 2.41. The number of carbonyl (C=O) groups is 2. The van der Waals surface area contributed by atoms with Crippen LogP contribution in [0.25, 0.3) is 0 Å². The number of amides is 2. The van der Waals surface area contributed by atoms with Crippen LogP contribution in [0.5, 0.6) is 0 Å². The third-order valence-corrected chi connectivity index (χ3v) is 3.46. The largest absolute Gasteiger partial charge is 0.391 e. The summed E-state index contributed by atoms with van der Waals surface area (Å²) in [7, 11) is 0. The smallest absolute Gasteiger partial charge is 0.325 e. The molecule has 0 saturated carbocycles. The number of urea groups is 1. The van der Waals surface area contributed by atoms with Crippen molar-refractivity contribution in [2.24, 2.45) is 5.73 Å². The van der Waals surface area contributed by atoms with E-state index in [-0.39, 0.29) is 19.0 Å². The second-order valence-electron chi connectivity index (χ2n) is 5.09. The number of nitrogens with one attached hydrogen (secondary N) is 1. The Kier molecular flexibility index (Phi) is 4.94. The van der Waals surface area contributed by atoms with Gasteiger partial charge in [0.15, 0.2) is 24.0 Å². The molecule has 118 valence electrons. The van der Waals surface area contributed by atoms with Crippen molar-refractivity contribution in [3.05, 3.63) is 12.3 Å². The van der Waals surface area contributed by atoms with Crippen molar-refractivity contribution in [1.29, 1.82) is 0 Å². The molecular weight excluding hydrogens is 278 g/mol. The number of rotatable bonds is 6. The summed E-state index contributed by atoms with van der Waals surface area (Å²) >= 11 is 0. The van der Waals surface area contributed by atoms with Crippen LogP contribution >= 0.6 is 0 Å². The minimum absolute atomic E-state index is 0.143. The monoisotopic (exact) mass is 299 g/mol. The molecule has 2 heterocycles.